The Morgan fingerprint density at radius 3 is 1.17 bits per heavy atom. The van der Waals surface area contributed by atoms with Crippen LogP contribution < -0.4 is 4.90 Å². The van der Waals surface area contributed by atoms with Gasteiger partial charge in [0.2, 0.25) is 0 Å². The van der Waals surface area contributed by atoms with Crippen LogP contribution in [0.25, 0.3) is 0 Å². The van der Waals surface area contributed by atoms with Crippen molar-refractivity contribution < 1.29 is 20.2 Å². The monoisotopic (exact) mass is 180 g/mol. The van der Waals surface area contributed by atoms with Crippen molar-refractivity contribution in [3.8, 4) is 0 Å². The average molecular weight is 180 g/mol. The fourth-order valence-corrected chi connectivity index (χ4v) is 0.849. The number of hydrogen-bond donors (Lipinski definition) is 4. The van der Waals surface area contributed by atoms with Gasteiger partial charge in [0.1, 0.15) is 19.6 Å². The lowest BCUT2D eigenvalue weighted by Crippen LogP contribution is -3.13. The van der Waals surface area contributed by atoms with E-state index in [1.165, 1.54) is 0 Å². The predicted molar refractivity (Wildman–Crippen MR) is 48.2 cm³/mol. The van der Waals surface area contributed by atoms with E-state index in [1.807, 2.05) is 13.8 Å². The van der Waals surface area contributed by atoms with Crippen LogP contribution in [-0.2, 0) is 0 Å². The van der Waals surface area contributed by atoms with Crippen molar-refractivity contribution in [3.05, 3.63) is 0 Å². The maximum atomic E-state index is 8.51. The molecule has 0 unspecified atom stereocenters. The second-order valence-electron chi connectivity index (χ2n) is 2.17. The molecule has 0 amide bonds. The average Bonchev–Trinajstić information content (AvgIpc) is 2.10. The quantitative estimate of drug-likeness (QED) is 0.378. The molecule has 0 aliphatic carbocycles. The molecule has 0 aromatic rings. The van der Waals surface area contributed by atoms with Crippen LogP contribution in [-0.4, -0.2) is 54.8 Å². The molecule has 0 spiro atoms. The lowest BCUT2D eigenvalue weighted by Gasteiger charge is -2.15. The van der Waals surface area contributed by atoms with Gasteiger partial charge in [0.15, 0.2) is 0 Å². The van der Waals surface area contributed by atoms with Gasteiger partial charge in [0.25, 0.3) is 0 Å². The number of hydrogen-bond acceptors (Lipinski definition) is 3. The van der Waals surface area contributed by atoms with Gasteiger partial charge in [-0.1, -0.05) is 13.8 Å². The number of quaternary nitrogens is 1. The standard InChI is InChI=1S/C6H15NO3.C2H6/c8-4-1-7(2-5-9)3-6-10;1-2/h8-10H,1-6H2;1-2H3/p+1. The van der Waals surface area contributed by atoms with Crippen LogP contribution in [0.1, 0.15) is 13.8 Å². The van der Waals surface area contributed by atoms with Crippen molar-refractivity contribution in [1.29, 1.82) is 0 Å². The van der Waals surface area contributed by atoms with E-state index in [1.54, 1.807) is 0 Å². The number of nitrogens with one attached hydrogen (secondary N) is 1. The molecule has 0 aliphatic rings. The Bertz CT molecular complexity index is 57.1. The van der Waals surface area contributed by atoms with Crippen LogP contribution in [0.2, 0.25) is 0 Å². The summed E-state index contributed by atoms with van der Waals surface area (Å²) in [5.41, 5.74) is 0. The SMILES string of the molecule is CC.OCC[NH+](CCO)CCO. The van der Waals surface area contributed by atoms with Gasteiger partial charge in [-0.2, -0.15) is 0 Å². The molecule has 0 rings (SSSR count). The second kappa shape index (κ2) is 13.4. The van der Waals surface area contributed by atoms with Gasteiger partial charge in [-0.25, -0.2) is 0 Å². The number of aliphatic hydroxyl groups is 3. The van der Waals surface area contributed by atoms with Gasteiger partial charge >= 0.3 is 0 Å². The van der Waals surface area contributed by atoms with E-state index >= 15 is 0 Å². The zero-order chi connectivity index (χ0) is 9.82. The summed E-state index contributed by atoms with van der Waals surface area (Å²) in [4.78, 5) is 1.03. The van der Waals surface area contributed by atoms with Gasteiger partial charge in [-0.05, 0) is 0 Å². The first-order chi connectivity index (χ1) is 5.85. The van der Waals surface area contributed by atoms with E-state index in [9.17, 15) is 0 Å². The Kier molecular flexibility index (Phi) is 16.1. The highest BCUT2D eigenvalue weighted by atomic mass is 16.3. The van der Waals surface area contributed by atoms with Gasteiger partial charge in [0, 0.05) is 0 Å². The van der Waals surface area contributed by atoms with Crippen LogP contribution >= 0.6 is 0 Å². The lowest BCUT2D eigenvalue weighted by molar-refractivity contribution is -0.901. The molecule has 12 heavy (non-hydrogen) atoms. The highest BCUT2D eigenvalue weighted by Gasteiger charge is 2.03. The Morgan fingerprint density at radius 2 is 1.00 bits per heavy atom. The summed E-state index contributed by atoms with van der Waals surface area (Å²) in [6.07, 6.45) is 0. The largest absolute Gasteiger partial charge is 0.391 e. The molecule has 0 saturated heterocycles. The topological polar surface area (TPSA) is 65.1 Å². The highest BCUT2D eigenvalue weighted by Crippen LogP contribution is 1.52. The van der Waals surface area contributed by atoms with Crippen LogP contribution in [0.4, 0.5) is 0 Å². The third-order valence-electron chi connectivity index (χ3n) is 1.40. The van der Waals surface area contributed by atoms with Crippen molar-refractivity contribution >= 4 is 0 Å². The van der Waals surface area contributed by atoms with Crippen molar-refractivity contribution in [1.82, 2.24) is 0 Å². The first kappa shape index (κ1) is 14.4. The Hall–Kier alpha value is -0.160. The minimum absolute atomic E-state index is 0.106. The van der Waals surface area contributed by atoms with Crippen LogP contribution in [0, 0.1) is 0 Å². The number of rotatable bonds is 6. The van der Waals surface area contributed by atoms with Crippen molar-refractivity contribution in [2.75, 3.05) is 39.5 Å². The van der Waals surface area contributed by atoms with E-state index in [2.05, 4.69) is 0 Å². The van der Waals surface area contributed by atoms with Gasteiger partial charge in [0.05, 0.1) is 19.8 Å². The molecule has 0 aromatic carbocycles. The third kappa shape index (κ3) is 9.84. The fraction of sp³-hybridized carbons (Fsp3) is 1.00. The van der Waals surface area contributed by atoms with Crippen molar-refractivity contribution in [3.63, 3.8) is 0 Å². The Labute approximate surface area is 74.4 Å². The summed E-state index contributed by atoms with van der Waals surface area (Å²) in [6, 6.07) is 0. The predicted octanol–water partition coefficient (Wildman–Crippen LogP) is -2.13. The van der Waals surface area contributed by atoms with Gasteiger partial charge in [-0.3, -0.25) is 0 Å². The Balaban J connectivity index is 0. The molecule has 0 fully saturated rings. The molecule has 0 radical (unpaired) electrons. The van der Waals surface area contributed by atoms with Crippen LogP contribution in [0.15, 0.2) is 0 Å². The molecular weight excluding hydrogens is 158 g/mol. The fourth-order valence-electron chi connectivity index (χ4n) is 0.849. The van der Waals surface area contributed by atoms with Crippen LogP contribution in [0.5, 0.6) is 0 Å². The number of aliphatic hydroxyl groups excluding tert-OH is 3. The van der Waals surface area contributed by atoms with E-state index in [-0.39, 0.29) is 19.8 Å². The normalized spacial score (nSPS) is 9.50. The summed E-state index contributed by atoms with van der Waals surface area (Å²) in [7, 11) is 0. The maximum Gasteiger partial charge on any atom is 0.101 e. The zero-order valence-corrected chi connectivity index (χ0v) is 8.08. The molecule has 0 aromatic heterocycles. The molecule has 76 valence electrons. The summed E-state index contributed by atoms with van der Waals surface area (Å²) in [5, 5.41) is 25.5. The Morgan fingerprint density at radius 1 is 0.750 bits per heavy atom. The third-order valence-corrected chi connectivity index (χ3v) is 1.40. The molecular formula is C8H22NO3+. The molecule has 0 heterocycles. The molecule has 0 atom stereocenters. The van der Waals surface area contributed by atoms with Crippen LogP contribution in [0.3, 0.4) is 0 Å². The first-order valence-corrected chi connectivity index (χ1v) is 4.51. The second-order valence-corrected chi connectivity index (χ2v) is 2.17. The van der Waals surface area contributed by atoms with Gasteiger partial charge < -0.3 is 20.2 Å². The molecule has 0 saturated carbocycles. The minimum atomic E-state index is 0.106. The van der Waals surface area contributed by atoms with Crippen molar-refractivity contribution in [2.45, 2.75) is 13.8 Å². The summed E-state index contributed by atoms with van der Waals surface area (Å²) in [5.74, 6) is 0. The van der Waals surface area contributed by atoms with E-state index in [0.29, 0.717) is 19.6 Å². The smallest absolute Gasteiger partial charge is 0.101 e. The van der Waals surface area contributed by atoms with E-state index < -0.39 is 0 Å². The molecule has 0 bridgehead atoms. The highest BCUT2D eigenvalue weighted by molar-refractivity contribution is 4.28. The molecule has 4 N–H and O–H groups in total. The van der Waals surface area contributed by atoms with Crippen molar-refractivity contribution in [2.24, 2.45) is 0 Å². The minimum Gasteiger partial charge on any atom is -0.391 e. The maximum absolute atomic E-state index is 8.51. The zero-order valence-electron chi connectivity index (χ0n) is 8.08. The summed E-state index contributed by atoms with van der Waals surface area (Å²) in [6.45, 7) is 6.11. The molecule has 0 aliphatic heterocycles. The van der Waals surface area contributed by atoms with Gasteiger partial charge in [-0.15, -0.1) is 0 Å². The summed E-state index contributed by atoms with van der Waals surface area (Å²) >= 11 is 0. The van der Waals surface area contributed by atoms with E-state index in [4.69, 9.17) is 15.3 Å². The summed E-state index contributed by atoms with van der Waals surface area (Å²) < 4.78 is 0. The molecule has 4 heteroatoms. The molecule has 4 nitrogen and oxygen atoms in total. The first-order valence-electron chi connectivity index (χ1n) is 4.51. The lowest BCUT2D eigenvalue weighted by atomic mass is 10.4. The van der Waals surface area contributed by atoms with E-state index in [0.717, 1.165) is 4.90 Å².